The second-order valence-electron chi connectivity index (χ2n) is 12.8. The molecule has 0 unspecified atom stereocenters. The van der Waals surface area contributed by atoms with E-state index < -0.39 is 0 Å². The molecule has 10 aromatic rings. The number of hydrogen-bond donors (Lipinski definition) is 0. The fraction of sp³-hybridized carbons (Fsp3) is 0. The monoisotopic (exact) mass is 651 g/mol. The number of nitrogens with zero attached hydrogens (tertiary/aromatic N) is 3. The van der Waals surface area contributed by atoms with Crippen molar-refractivity contribution in [3.8, 4) is 56.4 Å². The summed E-state index contributed by atoms with van der Waals surface area (Å²) in [6.45, 7) is 0. The van der Waals surface area contributed by atoms with Crippen LogP contribution in [0.3, 0.4) is 0 Å². The van der Waals surface area contributed by atoms with Crippen molar-refractivity contribution in [1.29, 1.82) is 0 Å². The van der Waals surface area contributed by atoms with Crippen LogP contribution < -0.4 is 0 Å². The van der Waals surface area contributed by atoms with Gasteiger partial charge in [0, 0.05) is 27.5 Å². The Hall–Kier alpha value is -6.91. The van der Waals surface area contributed by atoms with Crippen molar-refractivity contribution in [3.63, 3.8) is 0 Å². The Labute approximate surface area is 294 Å². The van der Waals surface area contributed by atoms with Gasteiger partial charge >= 0.3 is 0 Å². The number of benzene rings is 8. The summed E-state index contributed by atoms with van der Waals surface area (Å²) in [5.41, 5.74) is 9.16. The molecule has 0 radical (unpaired) electrons. The van der Waals surface area contributed by atoms with Crippen LogP contribution in [0.4, 0.5) is 0 Å². The van der Waals surface area contributed by atoms with Crippen LogP contribution >= 0.6 is 0 Å². The lowest BCUT2D eigenvalue weighted by atomic mass is 9.92. The maximum absolute atomic E-state index is 6.44. The number of aromatic nitrogens is 3. The Bertz CT molecular complexity index is 2900. The van der Waals surface area contributed by atoms with E-state index in [1.54, 1.807) is 0 Å². The fourth-order valence-corrected chi connectivity index (χ4v) is 7.25. The van der Waals surface area contributed by atoms with Crippen molar-refractivity contribution >= 4 is 43.5 Å². The summed E-state index contributed by atoms with van der Waals surface area (Å²) in [6, 6.07) is 61.0. The van der Waals surface area contributed by atoms with Gasteiger partial charge in [-0.25, -0.2) is 15.0 Å². The van der Waals surface area contributed by atoms with E-state index in [-0.39, 0.29) is 0 Å². The zero-order chi connectivity index (χ0) is 33.7. The van der Waals surface area contributed by atoms with Crippen molar-refractivity contribution in [2.24, 2.45) is 0 Å². The summed E-state index contributed by atoms with van der Waals surface area (Å²) >= 11 is 0. The first-order chi connectivity index (χ1) is 25.3. The number of furan rings is 1. The van der Waals surface area contributed by atoms with Gasteiger partial charge < -0.3 is 4.42 Å². The highest BCUT2D eigenvalue weighted by Crippen LogP contribution is 2.42. The van der Waals surface area contributed by atoms with Gasteiger partial charge in [-0.05, 0) is 68.1 Å². The van der Waals surface area contributed by atoms with Gasteiger partial charge in [0.1, 0.15) is 11.2 Å². The molecule has 0 aliphatic heterocycles. The summed E-state index contributed by atoms with van der Waals surface area (Å²) in [7, 11) is 0. The average Bonchev–Trinajstić information content (AvgIpc) is 3.57. The van der Waals surface area contributed by atoms with Gasteiger partial charge in [0.05, 0.1) is 0 Å². The lowest BCUT2D eigenvalue weighted by Gasteiger charge is -2.14. The molecule has 4 heteroatoms. The fourth-order valence-electron chi connectivity index (χ4n) is 7.25. The van der Waals surface area contributed by atoms with Gasteiger partial charge in [-0.1, -0.05) is 152 Å². The first-order valence-corrected chi connectivity index (χ1v) is 17.1. The third kappa shape index (κ3) is 5.04. The minimum atomic E-state index is 0.632. The predicted molar refractivity (Wildman–Crippen MR) is 209 cm³/mol. The minimum Gasteiger partial charge on any atom is -0.456 e. The minimum absolute atomic E-state index is 0.632. The van der Waals surface area contributed by atoms with Gasteiger partial charge in [0.25, 0.3) is 0 Å². The molecule has 0 amide bonds. The molecule has 2 heterocycles. The van der Waals surface area contributed by atoms with Crippen LogP contribution in [0.25, 0.3) is 99.9 Å². The van der Waals surface area contributed by atoms with Crippen molar-refractivity contribution in [2.45, 2.75) is 0 Å². The first-order valence-electron chi connectivity index (χ1n) is 17.1. The standard InChI is InChI=1S/C47H29N3O/c1-3-12-30(13-4-1)31-22-24-33(25-23-31)46-48-45(32-14-5-2-6-15-32)49-47(50-46)40-27-26-38(36-18-9-10-19-37(36)40)39-20-11-21-42-44(39)41-28-34-16-7-8-17-35(34)29-43(41)51-42/h1-29H. The summed E-state index contributed by atoms with van der Waals surface area (Å²) < 4.78 is 6.44. The first kappa shape index (κ1) is 29.0. The van der Waals surface area contributed by atoms with E-state index >= 15 is 0 Å². The van der Waals surface area contributed by atoms with Crippen molar-refractivity contribution in [1.82, 2.24) is 15.0 Å². The highest BCUT2D eigenvalue weighted by Gasteiger charge is 2.19. The normalized spacial score (nSPS) is 11.5. The van der Waals surface area contributed by atoms with Gasteiger partial charge in [0.15, 0.2) is 17.5 Å². The largest absolute Gasteiger partial charge is 0.456 e. The second-order valence-corrected chi connectivity index (χ2v) is 12.8. The highest BCUT2D eigenvalue weighted by molar-refractivity contribution is 6.18. The maximum Gasteiger partial charge on any atom is 0.164 e. The molecule has 0 spiro atoms. The Kier molecular flexibility index (Phi) is 6.78. The van der Waals surface area contributed by atoms with Crippen LogP contribution in [0.5, 0.6) is 0 Å². The predicted octanol–water partition coefficient (Wildman–Crippen LogP) is 12.4. The van der Waals surface area contributed by atoms with Crippen molar-refractivity contribution in [2.75, 3.05) is 0 Å². The van der Waals surface area contributed by atoms with Crippen LogP contribution in [0, 0.1) is 0 Å². The Morgan fingerprint density at radius 2 is 0.843 bits per heavy atom. The molecule has 4 nitrogen and oxygen atoms in total. The Morgan fingerprint density at radius 3 is 1.57 bits per heavy atom. The average molecular weight is 652 g/mol. The number of rotatable bonds is 5. The van der Waals surface area contributed by atoms with Crippen LogP contribution in [0.2, 0.25) is 0 Å². The van der Waals surface area contributed by atoms with E-state index in [1.807, 2.05) is 36.4 Å². The maximum atomic E-state index is 6.44. The third-order valence-corrected chi connectivity index (χ3v) is 9.74. The van der Waals surface area contributed by atoms with Crippen molar-refractivity contribution < 1.29 is 4.42 Å². The van der Waals surface area contributed by atoms with E-state index in [0.717, 1.165) is 66.1 Å². The van der Waals surface area contributed by atoms with Crippen LogP contribution in [0.15, 0.2) is 180 Å². The zero-order valence-corrected chi connectivity index (χ0v) is 27.5. The van der Waals surface area contributed by atoms with E-state index in [4.69, 9.17) is 19.4 Å². The Morgan fingerprint density at radius 1 is 0.314 bits per heavy atom. The molecule has 10 rings (SSSR count). The van der Waals surface area contributed by atoms with E-state index in [0.29, 0.717) is 17.5 Å². The quantitative estimate of drug-likeness (QED) is 0.186. The highest BCUT2D eigenvalue weighted by atomic mass is 16.3. The van der Waals surface area contributed by atoms with Gasteiger partial charge in [-0.3, -0.25) is 0 Å². The van der Waals surface area contributed by atoms with Gasteiger partial charge in [-0.15, -0.1) is 0 Å². The molecule has 0 aliphatic rings. The van der Waals surface area contributed by atoms with Gasteiger partial charge in [-0.2, -0.15) is 0 Å². The molecule has 51 heavy (non-hydrogen) atoms. The summed E-state index contributed by atoms with van der Waals surface area (Å²) in [5.74, 6) is 1.90. The van der Waals surface area contributed by atoms with Crippen LogP contribution in [-0.2, 0) is 0 Å². The van der Waals surface area contributed by atoms with Crippen LogP contribution in [0.1, 0.15) is 0 Å². The molecule has 238 valence electrons. The molecular formula is C47H29N3O. The van der Waals surface area contributed by atoms with E-state index in [2.05, 4.69) is 140 Å². The SMILES string of the molecule is c1ccc(-c2ccc(-c3nc(-c4ccccc4)nc(-c4ccc(-c5cccc6oc7cc8ccccc8cc7c56)c5ccccc45)n3)cc2)cc1. The van der Waals surface area contributed by atoms with Crippen molar-refractivity contribution in [3.05, 3.63) is 176 Å². The molecular weight excluding hydrogens is 623 g/mol. The zero-order valence-electron chi connectivity index (χ0n) is 27.5. The summed E-state index contributed by atoms with van der Waals surface area (Å²) in [5, 5.41) is 6.77. The molecule has 0 atom stereocenters. The smallest absolute Gasteiger partial charge is 0.164 e. The topological polar surface area (TPSA) is 51.8 Å². The summed E-state index contributed by atoms with van der Waals surface area (Å²) in [4.78, 5) is 15.2. The lowest BCUT2D eigenvalue weighted by molar-refractivity contribution is 0.669. The lowest BCUT2D eigenvalue weighted by Crippen LogP contribution is -2.00. The van der Waals surface area contributed by atoms with E-state index in [9.17, 15) is 0 Å². The molecule has 0 fully saturated rings. The molecule has 0 aliphatic carbocycles. The Balaban J connectivity index is 1.15. The third-order valence-electron chi connectivity index (χ3n) is 9.74. The molecule has 0 N–H and O–H groups in total. The van der Waals surface area contributed by atoms with E-state index in [1.165, 1.54) is 16.3 Å². The second kappa shape index (κ2) is 11.9. The van der Waals surface area contributed by atoms with Crippen LogP contribution in [-0.4, -0.2) is 15.0 Å². The number of hydrogen-bond acceptors (Lipinski definition) is 4. The molecule has 2 aromatic heterocycles. The molecule has 8 aromatic carbocycles. The van der Waals surface area contributed by atoms with Gasteiger partial charge in [0.2, 0.25) is 0 Å². The molecule has 0 saturated heterocycles. The summed E-state index contributed by atoms with van der Waals surface area (Å²) in [6.07, 6.45) is 0. The number of fused-ring (bicyclic) bond motifs is 5. The molecule has 0 saturated carbocycles. The molecule has 0 bridgehead atoms.